The van der Waals surface area contributed by atoms with E-state index in [-0.39, 0.29) is 5.91 Å². The third kappa shape index (κ3) is 5.32. The molecule has 0 saturated carbocycles. The van der Waals surface area contributed by atoms with Crippen molar-refractivity contribution in [3.8, 4) is 5.75 Å². The highest BCUT2D eigenvalue weighted by Crippen LogP contribution is 2.17. The van der Waals surface area contributed by atoms with E-state index in [1.54, 1.807) is 0 Å². The van der Waals surface area contributed by atoms with Crippen LogP contribution in [0, 0.1) is 5.92 Å². The van der Waals surface area contributed by atoms with Crippen LogP contribution in [0.25, 0.3) is 0 Å². The van der Waals surface area contributed by atoms with Crippen molar-refractivity contribution in [2.75, 3.05) is 39.3 Å². The van der Waals surface area contributed by atoms with Gasteiger partial charge in [-0.05, 0) is 42.0 Å². The number of hydrogen-bond acceptors (Lipinski definition) is 4. The normalized spacial score (nSPS) is 15.4. The zero-order valence-electron chi connectivity index (χ0n) is 15.7. The summed E-state index contributed by atoms with van der Waals surface area (Å²) in [6.45, 7) is 9.45. The zero-order chi connectivity index (χ0) is 18.4. The third-order valence-corrected chi connectivity index (χ3v) is 5.51. The summed E-state index contributed by atoms with van der Waals surface area (Å²) >= 11 is 1.82. The summed E-state index contributed by atoms with van der Waals surface area (Å²) in [5, 5.41) is 2.13. The van der Waals surface area contributed by atoms with Crippen LogP contribution < -0.4 is 4.74 Å². The second-order valence-electron chi connectivity index (χ2n) is 7.20. The second kappa shape index (κ2) is 9.19. The van der Waals surface area contributed by atoms with Crippen molar-refractivity contribution >= 4 is 17.2 Å². The van der Waals surface area contributed by atoms with Crippen molar-refractivity contribution in [1.29, 1.82) is 0 Å². The molecule has 0 radical (unpaired) electrons. The van der Waals surface area contributed by atoms with Crippen molar-refractivity contribution in [3.63, 3.8) is 0 Å². The molecule has 26 heavy (non-hydrogen) atoms. The monoisotopic (exact) mass is 372 g/mol. The molecule has 1 saturated heterocycles. The van der Waals surface area contributed by atoms with E-state index in [2.05, 4.69) is 36.3 Å². The summed E-state index contributed by atoms with van der Waals surface area (Å²) in [5.41, 5.74) is 0.721. The summed E-state index contributed by atoms with van der Waals surface area (Å²) < 4.78 is 5.75. The van der Waals surface area contributed by atoms with Gasteiger partial charge in [0, 0.05) is 43.2 Å². The molecule has 1 aromatic carbocycles. The van der Waals surface area contributed by atoms with Gasteiger partial charge >= 0.3 is 0 Å². The molecular formula is C21H28N2O2S. The molecule has 2 aromatic rings. The number of nitrogens with zero attached hydrogens (tertiary/aromatic N) is 2. The van der Waals surface area contributed by atoms with Crippen LogP contribution in [0.3, 0.4) is 0 Å². The molecule has 0 unspecified atom stereocenters. The highest BCUT2D eigenvalue weighted by Gasteiger charge is 2.22. The molecule has 0 aliphatic carbocycles. The van der Waals surface area contributed by atoms with Crippen LogP contribution in [0.2, 0.25) is 0 Å². The number of piperazine rings is 1. The summed E-state index contributed by atoms with van der Waals surface area (Å²) in [5.74, 6) is 1.36. The van der Waals surface area contributed by atoms with E-state index in [9.17, 15) is 4.79 Å². The average molecular weight is 373 g/mol. The van der Waals surface area contributed by atoms with Crippen molar-refractivity contribution in [3.05, 3.63) is 52.2 Å². The predicted octanol–water partition coefficient (Wildman–Crippen LogP) is 3.78. The molecule has 3 rings (SSSR count). The molecule has 5 heteroatoms. The van der Waals surface area contributed by atoms with Gasteiger partial charge in [-0.2, -0.15) is 0 Å². The first-order chi connectivity index (χ1) is 12.6. The van der Waals surface area contributed by atoms with E-state index in [1.807, 2.05) is 40.5 Å². The number of benzene rings is 1. The van der Waals surface area contributed by atoms with Crippen molar-refractivity contribution in [2.45, 2.75) is 20.3 Å². The molecule has 1 fully saturated rings. The third-order valence-electron chi connectivity index (χ3n) is 4.58. The maximum Gasteiger partial charge on any atom is 0.254 e. The van der Waals surface area contributed by atoms with Gasteiger partial charge in [0.2, 0.25) is 0 Å². The average Bonchev–Trinajstić information content (AvgIpc) is 3.18. The Hall–Kier alpha value is -1.85. The van der Waals surface area contributed by atoms with Gasteiger partial charge in [0.25, 0.3) is 5.91 Å². The number of thiophene rings is 1. The largest absolute Gasteiger partial charge is 0.493 e. The van der Waals surface area contributed by atoms with E-state index in [0.29, 0.717) is 12.5 Å². The SMILES string of the molecule is CC(C)COc1cccc(C(=O)N2CCN(CCc3cccs3)CC2)c1. The molecule has 0 spiro atoms. The Balaban J connectivity index is 1.49. The number of rotatable bonds is 7. The van der Waals surface area contributed by atoms with Gasteiger partial charge in [-0.15, -0.1) is 11.3 Å². The van der Waals surface area contributed by atoms with Crippen LogP contribution >= 0.6 is 11.3 Å². The Morgan fingerprint density at radius 1 is 1.15 bits per heavy atom. The van der Waals surface area contributed by atoms with Crippen LogP contribution in [0.15, 0.2) is 41.8 Å². The minimum absolute atomic E-state index is 0.109. The zero-order valence-corrected chi connectivity index (χ0v) is 16.5. The van der Waals surface area contributed by atoms with E-state index >= 15 is 0 Å². The van der Waals surface area contributed by atoms with Crippen LogP contribution in [-0.4, -0.2) is 55.0 Å². The Labute approximate surface area is 160 Å². The quantitative estimate of drug-likeness (QED) is 0.741. The summed E-state index contributed by atoms with van der Waals surface area (Å²) in [6.07, 6.45) is 1.10. The Bertz CT molecular complexity index is 692. The lowest BCUT2D eigenvalue weighted by Gasteiger charge is -2.34. The lowest BCUT2D eigenvalue weighted by Crippen LogP contribution is -2.49. The number of hydrogen-bond donors (Lipinski definition) is 0. The lowest BCUT2D eigenvalue weighted by molar-refractivity contribution is 0.0638. The summed E-state index contributed by atoms with van der Waals surface area (Å²) in [4.78, 5) is 18.6. The maximum atomic E-state index is 12.8. The van der Waals surface area contributed by atoms with Gasteiger partial charge < -0.3 is 9.64 Å². The van der Waals surface area contributed by atoms with Gasteiger partial charge in [0.1, 0.15) is 5.75 Å². The standard InChI is InChI=1S/C21H28N2O2S/c1-17(2)16-25-19-6-3-5-18(15-19)21(24)23-12-10-22(11-13-23)9-8-20-7-4-14-26-20/h3-7,14-15,17H,8-13,16H2,1-2H3. The summed E-state index contributed by atoms with van der Waals surface area (Å²) in [7, 11) is 0. The van der Waals surface area contributed by atoms with Crippen LogP contribution in [0.4, 0.5) is 0 Å². The molecule has 1 aliphatic rings. The predicted molar refractivity (Wildman–Crippen MR) is 107 cm³/mol. The number of carbonyl (C=O) groups excluding carboxylic acids is 1. The first kappa shape index (κ1) is 18.9. The summed E-state index contributed by atoms with van der Waals surface area (Å²) in [6, 6.07) is 11.9. The minimum Gasteiger partial charge on any atom is -0.493 e. The fourth-order valence-corrected chi connectivity index (χ4v) is 3.76. The molecule has 0 bridgehead atoms. The maximum absolute atomic E-state index is 12.8. The Kier molecular flexibility index (Phi) is 6.69. The van der Waals surface area contributed by atoms with Crippen LogP contribution in [0.1, 0.15) is 29.1 Å². The fourth-order valence-electron chi connectivity index (χ4n) is 3.06. The first-order valence-corrected chi connectivity index (χ1v) is 10.3. The first-order valence-electron chi connectivity index (χ1n) is 9.38. The molecule has 1 aromatic heterocycles. The fraction of sp³-hybridized carbons (Fsp3) is 0.476. The molecule has 4 nitrogen and oxygen atoms in total. The van der Waals surface area contributed by atoms with E-state index < -0.39 is 0 Å². The van der Waals surface area contributed by atoms with Gasteiger partial charge in [0.15, 0.2) is 0 Å². The van der Waals surface area contributed by atoms with Gasteiger partial charge in [-0.1, -0.05) is 26.0 Å². The minimum atomic E-state index is 0.109. The topological polar surface area (TPSA) is 32.8 Å². The number of carbonyl (C=O) groups is 1. The molecule has 0 atom stereocenters. The number of ether oxygens (including phenoxy) is 1. The van der Waals surface area contributed by atoms with Gasteiger partial charge in [-0.25, -0.2) is 0 Å². The Morgan fingerprint density at radius 3 is 2.65 bits per heavy atom. The molecule has 140 valence electrons. The molecule has 0 N–H and O–H groups in total. The van der Waals surface area contributed by atoms with Gasteiger partial charge in [-0.3, -0.25) is 9.69 Å². The Morgan fingerprint density at radius 2 is 1.96 bits per heavy atom. The van der Waals surface area contributed by atoms with E-state index in [4.69, 9.17) is 4.74 Å². The molecular weight excluding hydrogens is 344 g/mol. The lowest BCUT2D eigenvalue weighted by atomic mass is 10.1. The highest BCUT2D eigenvalue weighted by molar-refractivity contribution is 7.09. The van der Waals surface area contributed by atoms with E-state index in [1.165, 1.54) is 4.88 Å². The van der Waals surface area contributed by atoms with E-state index in [0.717, 1.165) is 50.5 Å². The van der Waals surface area contributed by atoms with Crippen molar-refractivity contribution < 1.29 is 9.53 Å². The smallest absolute Gasteiger partial charge is 0.254 e. The molecule has 1 amide bonds. The second-order valence-corrected chi connectivity index (χ2v) is 8.23. The highest BCUT2D eigenvalue weighted by atomic mass is 32.1. The van der Waals surface area contributed by atoms with Crippen molar-refractivity contribution in [1.82, 2.24) is 9.80 Å². The van der Waals surface area contributed by atoms with Crippen LogP contribution in [-0.2, 0) is 6.42 Å². The molecule has 1 aliphatic heterocycles. The van der Waals surface area contributed by atoms with Gasteiger partial charge in [0.05, 0.1) is 6.61 Å². The van der Waals surface area contributed by atoms with Crippen LogP contribution in [0.5, 0.6) is 5.75 Å². The number of amides is 1. The van der Waals surface area contributed by atoms with Crippen molar-refractivity contribution in [2.24, 2.45) is 5.92 Å². The molecule has 2 heterocycles.